The summed E-state index contributed by atoms with van der Waals surface area (Å²) < 4.78 is 16.1. The largest absolute Gasteiger partial charge is 0.350 e. The van der Waals surface area contributed by atoms with Gasteiger partial charge in [0.25, 0.3) is 0 Å². The van der Waals surface area contributed by atoms with Crippen LogP contribution in [0.15, 0.2) is 33.8 Å². The van der Waals surface area contributed by atoms with E-state index in [1.807, 2.05) is 0 Å². The molecule has 1 heterocycles. The number of rotatable bonds is 1. The zero-order valence-corrected chi connectivity index (χ0v) is 9.40. The van der Waals surface area contributed by atoms with Gasteiger partial charge in [0, 0.05) is 17.6 Å². The number of halogens is 2. The zero-order chi connectivity index (χ0) is 11.0. The van der Waals surface area contributed by atoms with Gasteiger partial charge in [0.05, 0.1) is 5.69 Å². The Morgan fingerprint density at radius 1 is 1.47 bits per heavy atom. The molecule has 0 aliphatic carbocycles. The van der Waals surface area contributed by atoms with Gasteiger partial charge in [-0.3, -0.25) is 4.57 Å². The highest BCUT2D eigenvalue weighted by Crippen LogP contribution is 2.19. The zero-order valence-electron chi connectivity index (χ0n) is 7.82. The highest BCUT2D eigenvalue weighted by atomic mass is 79.9. The molecule has 0 aliphatic heterocycles. The van der Waals surface area contributed by atoms with E-state index >= 15 is 0 Å². The molecule has 6 heteroatoms. The highest BCUT2D eigenvalue weighted by Gasteiger charge is 2.09. The van der Waals surface area contributed by atoms with Crippen LogP contribution in [0.25, 0.3) is 5.69 Å². The first-order valence-corrected chi connectivity index (χ1v) is 4.95. The van der Waals surface area contributed by atoms with Gasteiger partial charge >= 0.3 is 5.69 Å². The lowest BCUT2D eigenvalue weighted by atomic mass is 10.3. The molecule has 0 saturated heterocycles. The Balaban J connectivity index is 2.69. The van der Waals surface area contributed by atoms with Crippen molar-refractivity contribution in [3.8, 4) is 5.69 Å². The molecule has 15 heavy (non-hydrogen) atoms. The van der Waals surface area contributed by atoms with E-state index in [4.69, 9.17) is 0 Å². The third kappa shape index (κ3) is 1.72. The van der Waals surface area contributed by atoms with Crippen molar-refractivity contribution in [2.45, 2.75) is 0 Å². The summed E-state index contributed by atoms with van der Waals surface area (Å²) in [5, 5.41) is 3.86. The van der Waals surface area contributed by atoms with E-state index in [-0.39, 0.29) is 5.69 Å². The first-order valence-electron chi connectivity index (χ1n) is 4.15. The van der Waals surface area contributed by atoms with Crippen LogP contribution in [0.1, 0.15) is 0 Å². The molecule has 0 spiro atoms. The molecule has 0 saturated carbocycles. The van der Waals surface area contributed by atoms with Gasteiger partial charge in [0.1, 0.15) is 12.1 Å². The van der Waals surface area contributed by atoms with Crippen molar-refractivity contribution in [3.05, 3.63) is 45.3 Å². The molecular formula is C9H7BrFN3O. The van der Waals surface area contributed by atoms with Crippen molar-refractivity contribution in [2.75, 3.05) is 0 Å². The van der Waals surface area contributed by atoms with E-state index in [1.54, 1.807) is 7.05 Å². The Morgan fingerprint density at radius 3 is 2.80 bits per heavy atom. The van der Waals surface area contributed by atoms with Gasteiger partial charge in [-0.05, 0) is 28.1 Å². The van der Waals surface area contributed by atoms with Crippen LogP contribution in [0.4, 0.5) is 4.39 Å². The van der Waals surface area contributed by atoms with E-state index in [1.165, 1.54) is 29.1 Å². The Bertz CT molecular complexity index is 561. The van der Waals surface area contributed by atoms with Gasteiger partial charge in [0.2, 0.25) is 0 Å². The average Bonchev–Trinajstić information content (AvgIpc) is 2.52. The molecule has 0 bridgehead atoms. The fourth-order valence-electron chi connectivity index (χ4n) is 1.19. The molecule has 2 rings (SSSR count). The number of hydrogen-bond acceptors (Lipinski definition) is 2. The van der Waals surface area contributed by atoms with Crippen LogP contribution in [0.3, 0.4) is 0 Å². The van der Waals surface area contributed by atoms with Crippen molar-refractivity contribution in [2.24, 2.45) is 7.05 Å². The Labute approximate surface area is 93.1 Å². The van der Waals surface area contributed by atoms with Crippen molar-refractivity contribution in [1.82, 2.24) is 14.3 Å². The van der Waals surface area contributed by atoms with E-state index in [9.17, 15) is 9.18 Å². The quantitative estimate of drug-likeness (QED) is 0.788. The summed E-state index contributed by atoms with van der Waals surface area (Å²) in [5.74, 6) is -0.411. The third-order valence-corrected chi connectivity index (χ3v) is 2.63. The molecule has 1 aromatic carbocycles. The summed E-state index contributed by atoms with van der Waals surface area (Å²) in [6.45, 7) is 0. The second kappa shape index (κ2) is 3.62. The highest BCUT2D eigenvalue weighted by molar-refractivity contribution is 9.10. The van der Waals surface area contributed by atoms with Crippen LogP contribution < -0.4 is 5.69 Å². The van der Waals surface area contributed by atoms with E-state index in [2.05, 4.69) is 21.0 Å². The van der Waals surface area contributed by atoms with Crippen molar-refractivity contribution >= 4 is 15.9 Å². The van der Waals surface area contributed by atoms with Crippen molar-refractivity contribution in [3.63, 3.8) is 0 Å². The predicted octanol–water partition coefficient (Wildman–Crippen LogP) is 1.47. The van der Waals surface area contributed by atoms with E-state index in [0.29, 0.717) is 10.2 Å². The van der Waals surface area contributed by atoms with Gasteiger partial charge < -0.3 is 0 Å². The maximum Gasteiger partial charge on any atom is 0.350 e. The number of aromatic nitrogens is 3. The maximum atomic E-state index is 13.0. The maximum absolute atomic E-state index is 13.0. The van der Waals surface area contributed by atoms with Crippen molar-refractivity contribution in [1.29, 1.82) is 0 Å². The van der Waals surface area contributed by atoms with Crippen LogP contribution in [0.2, 0.25) is 0 Å². The number of nitrogens with zero attached hydrogens (tertiary/aromatic N) is 3. The summed E-state index contributed by atoms with van der Waals surface area (Å²) in [7, 11) is 1.58. The van der Waals surface area contributed by atoms with E-state index in [0.717, 1.165) is 4.68 Å². The summed E-state index contributed by atoms with van der Waals surface area (Å²) in [6.07, 6.45) is 1.37. The van der Waals surface area contributed by atoms with Gasteiger partial charge in [0.15, 0.2) is 0 Å². The minimum Gasteiger partial charge on any atom is -0.284 e. The van der Waals surface area contributed by atoms with Crippen molar-refractivity contribution < 1.29 is 4.39 Å². The van der Waals surface area contributed by atoms with Gasteiger partial charge in [-0.2, -0.15) is 9.78 Å². The van der Waals surface area contributed by atoms with Gasteiger partial charge in [-0.25, -0.2) is 9.18 Å². The predicted molar refractivity (Wildman–Crippen MR) is 56.5 cm³/mol. The normalized spacial score (nSPS) is 10.6. The first kappa shape index (κ1) is 10.1. The molecule has 0 atom stereocenters. The molecule has 78 valence electrons. The monoisotopic (exact) mass is 271 g/mol. The second-order valence-electron chi connectivity index (χ2n) is 3.03. The van der Waals surface area contributed by atoms with Crippen LogP contribution in [0.5, 0.6) is 0 Å². The molecule has 2 aromatic rings. The second-order valence-corrected chi connectivity index (χ2v) is 3.89. The lowest BCUT2D eigenvalue weighted by molar-refractivity contribution is 0.624. The lowest BCUT2D eigenvalue weighted by Crippen LogP contribution is -2.21. The Kier molecular flexibility index (Phi) is 2.44. The third-order valence-electron chi connectivity index (χ3n) is 1.96. The van der Waals surface area contributed by atoms with Crippen LogP contribution in [-0.4, -0.2) is 14.3 Å². The molecule has 0 N–H and O–H groups in total. The summed E-state index contributed by atoms with van der Waals surface area (Å²) in [6, 6.07) is 4.09. The molecule has 1 aromatic heterocycles. The molecular weight excluding hydrogens is 265 g/mol. The van der Waals surface area contributed by atoms with Crippen LogP contribution in [-0.2, 0) is 7.05 Å². The fourth-order valence-corrected chi connectivity index (χ4v) is 1.61. The Hall–Kier alpha value is -1.43. The topological polar surface area (TPSA) is 39.8 Å². The number of benzene rings is 1. The Morgan fingerprint density at radius 2 is 2.20 bits per heavy atom. The standard InChI is InChI=1S/C9H7BrFN3O/c1-13-5-12-14(9(13)15)8-4-6(11)2-3-7(8)10/h2-5H,1H3. The molecule has 0 amide bonds. The SMILES string of the molecule is Cn1cnn(-c2cc(F)ccc2Br)c1=O. The summed E-state index contributed by atoms with van der Waals surface area (Å²) in [4.78, 5) is 11.6. The minimum absolute atomic E-state index is 0.318. The molecule has 0 unspecified atom stereocenters. The van der Waals surface area contributed by atoms with E-state index < -0.39 is 5.82 Å². The number of hydrogen-bond donors (Lipinski definition) is 0. The fraction of sp³-hybridized carbons (Fsp3) is 0.111. The van der Waals surface area contributed by atoms with Crippen LogP contribution >= 0.6 is 15.9 Å². The minimum atomic E-state index is -0.411. The number of aryl methyl sites for hydroxylation is 1. The molecule has 4 nitrogen and oxygen atoms in total. The lowest BCUT2D eigenvalue weighted by Gasteiger charge is -2.02. The summed E-state index contributed by atoms with van der Waals surface area (Å²) >= 11 is 3.23. The molecule has 0 fully saturated rings. The van der Waals surface area contributed by atoms with Gasteiger partial charge in [-0.15, -0.1) is 0 Å². The molecule has 0 radical (unpaired) electrons. The molecule has 0 aliphatic rings. The first-order chi connectivity index (χ1) is 7.09. The smallest absolute Gasteiger partial charge is 0.284 e. The van der Waals surface area contributed by atoms with Crippen LogP contribution in [0, 0.1) is 5.82 Å². The summed E-state index contributed by atoms with van der Waals surface area (Å²) in [5.41, 5.74) is 0.0712. The van der Waals surface area contributed by atoms with Gasteiger partial charge in [-0.1, -0.05) is 0 Å². The average molecular weight is 272 g/mol.